The summed E-state index contributed by atoms with van der Waals surface area (Å²) in [5.41, 5.74) is 2.20. The molecular weight excluding hydrogens is 310 g/mol. The average Bonchev–Trinajstić information content (AvgIpc) is 2.49. The summed E-state index contributed by atoms with van der Waals surface area (Å²) in [6, 6.07) is 14.4. The summed E-state index contributed by atoms with van der Waals surface area (Å²) in [5.74, 6) is -1.29. The quantitative estimate of drug-likeness (QED) is 0.735. The van der Waals surface area contributed by atoms with E-state index in [2.05, 4.69) is 17.9 Å². The lowest BCUT2D eigenvalue weighted by Crippen LogP contribution is -2.37. The molecule has 1 amide bonds. The van der Waals surface area contributed by atoms with Gasteiger partial charge in [-0.3, -0.25) is 4.79 Å². The smallest absolute Gasteiger partial charge is 0.336 e. The fourth-order valence-electron chi connectivity index (χ4n) is 2.33. The number of carbonyl (C=O) groups excluding carboxylic acids is 1. The van der Waals surface area contributed by atoms with Crippen LogP contribution in [0.4, 0.5) is 5.69 Å². The van der Waals surface area contributed by atoms with E-state index in [-0.39, 0.29) is 11.5 Å². The molecule has 0 spiro atoms. The molecule has 2 N–H and O–H groups in total. The Kier molecular flexibility index (Phi) is 5.11. The van der Waals surface area contributed by atoms with E-state index < -0.39 is 10.7 Å². The largest absolute Gasteiger partial charge is 0.478 e. The number of thiol groups is 1. The molecule has 0 bridgehead atoms. The van der Waals surface area contributed by atoms with Crippen LogP contribution in [0.3, 0.4) is 0 Å². The third-order valence-electron chi connectivity index (χ3n) is 3.69. The topological polar surface area (TPSA) is 66.4 Å². The minimum absolute atomic E-state index is 0.173. The molecule has 1 unspecified atom stereocenters. The summed E-state index contributed by atoms with van der Waals surface area (Å²) in [7, 11) is 0. The molecule has 0 aliphatic rings. The van der Waals surface area contributed by atoms with Crippen LogP contribution in [0.15, 0.2) is 48.5 Å². The van der Waals surface area contributed by atoms with Gasteiger partial charge in [-0.15, -0.1) is 0 Å². The highest BCUT2D eigenvalue weighted by molar-refractivity contribution is 7.82. The Morgan fingerprint density at radius 2 is 1.78 bits per heavy atom. The maximum Gasteiger partial charge on any atom is 0.336 e. The third-order valence-corrected chi connectivity index (χ3v) is 4.05. The van der Waals surface area contributed by atoms with Gasteiger partial charge in [-0.05, 0) is 43.5 Å². The van der Waals surface area contributed by atoms with E-state index in [4.69, 9.17) is 5.11 Å². The Hall–Kier alpha value is -2.27. The second-order valence-electron chi connectivity index (χ2n) is 5.67. The molecule has 0 saturated heterocycles. The number of carboxylic acids is 1. The molecule has 0 aliphatic carbocycles. The fraction of sp³-hybridized carbons (Fsp3) is 0.222. The van der Waals surface area contributed by atoms with Crippen LogP contribution in [0.2, 0.25) is 0 Å². The first kappa shape index (κ1) is 17.1. The lowest BCUT2D eigenvalue weighted by Gasteiger charge is -2.23. The molecule has 0 fully saturated rings. The van der Waals surface area contributed by atoms with E-state index in [1.807, 2.05) is 30.3 Å². The van der Waals surface area contributed by atoms with Gasteiger partial charge in [0.15, 0.2) is 0 Å². The second-order valence-corrected chi connectivity index (χ2v) is 6.66. The predicted molar refractivity (Wildman–Crippen MR) is 94.3 cm³/mol. The molecule has 1 atom stereocenters. The van der Waals surface area contributed by atoms with Crippen LogP contribution in [0.25, 0.3) is 0 Å². The van der Waals surface area contributed by atoms with Gasteiger partial charge >= 0.3 is 5.97 Å². The lowest BCUT2D eigenvalue weighted by atomic mass is 9.98. The van der Waals surface area contributed by atoms with E-state index in [0.29, 0.717) is 17.7 Å². The van der Waals surface area contributed by atoms with E-state index in [1.54, 1.807) is 26.0 Å². The van der Waals surface area contributed by atoms with Crippen molar-refractivity contribution in [1.82, 2.24) is 0 Å². The molecule has 2 rings (SSSR count). The van der Waals surface area contributed by atoms with Gasteiger partial charge < -0.3 is 10.4 Å². The minimum Gasteiger partial charge on any atom is -0.478 e. The van der Waals surface area contributed by atoms with Gasteiger partial charge in [-0.1, -0.05) is 36.4 Å². The van der Waals surface area contributed by atoms with E-state index >= 15 is 0 Å². The highest BCUT2D eigenvalue weighted by Crippen LogP contribution is 2.25. The van der Waals surface area contributed by atoms with Crippen molar-refractivity contribution in [2.45, 2.75) is 25.0 Å². The van der Waals surface area contributed by atoms with E-state index in [1.165, 1.54) is 6.07 Å². The standard InChI is InChI=1S/C18H19NO3S/c1-12-14(16(20)21)9-6-10-15(12)19-17(22)18(2,23)11-13-7-4-3-5-8-13/h3-10,23H,11H2,1-2H3,(H,19,22)(H,20,21). The summed E-state index contributed by atoms with van der Waals surface area (Å²) in [6.07, 6.45) is 0.473. The molecule has 0 aromatic heterocycles. The Morgan fingerprint density at radius 1 is 1.13 bits per heavy atom. The van der Waals surface area contributed by atoms with Crippen molar-refractivity contribution in [1.29, 1.82) is 0 Å². The van der Waals surface area contributed by atoms with Crippen molar-refractivity contribution >= 4 is 30.2 Å². The molecule has 0 radical (unpaired) electrons. The Bertz CT molecular complexity index is 726. The summed E-state index contributed by atoms with van der Waals surface area (Å²) >= 11 is 4.50. The molecule has 23 heavy (non-hydrogen) atoms. The van der Waals surface area contributed by atoms with Crippen LogP contribution in [-0.2, 0) is 11.2 Å². The van der Waals surface area contributed by atoms with Crippen molar-refractivity contribution in [2.75, 3.05) is 5.32 Å². The van der Waals surface area contributed by atoms with Crippen molar-refractivity contribution < 1.29 is 14.7 Å². The molecule has 2 aromatic rings. The maximum absolute atomic E-state index is 12.5. The van der Waals surface area contributed by atoms with Crippen LogP contribution >= 0.6 is 12.6 Å². The van der Waals surface area contributed by atoms with Gasteiger partial charge in [0.25, 0.3) is 0 Å². The van der Waals surface area contributed by atoms with Crippen LogP contribution in [0.5, 0.6) is 0 Å². The first-order valence-corrected chi connectivity index (χ1v) is 7.66. The van der Waals surface area contributed by atoms with Crippen LogP contribution in [-0.4, -0.2) is 21.7 Å². The zero-order valence-corrected chi connectivity index (χ0v) is 13.9. The maximum atomic E-state index is 12.5. The number of amides is 1. The van der Waals surface area contributed by atoms with Gasteiger partial charge in [0, 0.05) is 5.69 Å². The molecule has 4 nitrogen and oxygen atoms in total. The SMILES string of the molecule is Cc1c(NC(=O)C(C)(S)Cc2ccccc2)cccc1C(=O)O. The number of nitrogens with one attached hydrogen (secondary N) is 1. The van der Waals surface area contributed by atoms with Gasteiger partial charge in [0.2, 0.25) is 5.91 Å². The normalized spacial score (nSPS) is 13.2. The first-order chi connectivity index (χ1) is 10.8. The van der Waals surface area contributed by atoms with E-state index in [0.717, 1.165) is 5.56 Å². The summed E-state index contributed by atoms with van der Waals surface area (Å²) in [6.45, 7) is 3.42. The number of carbonyl (C=O) groups is 2. The number of carboxylic acid groups (broad SMARTS) is 1. The van der Waals surface area contributed by atoms with Crippen LogP contribution < -0.4 is 5.32 Å². The molecular formula is C18H19NO3S. The van der Waals surface area contributed by atoms with E-state index in [9.17, 15) is 9.59 Å². The average molecular weight is 329 g/mol. The number of benzene rings is 2. The summed E-state index contributed by atoms with van der Waals surface area (Å²) in [4.78, 5) is 23.7. The zero-order chi connectivity index (χ0) is 17.0. The fourth-order valence-corrected chi connectivity index (χ4v) is 2.57. The number of hydrogen-bond acceptors (Lipinski definition) is 3. The molecule has 5 heteroatoms. The predicted octanol–water partition coefficient (Wildman–Crippen LogP) is 3.56. The molecule has 0 aliphatic heterocycles. The number of aromatic carboxylic acids is 1. The Labute approximate surface area is 141 Å². The number of hydrogen-bond donors (Lipinski definition) is 3. The Balaban J connectivity index is 2.18. The number of rotatable bonds is 5. The summed E-state index contributed by atoms with van der Waals surface area (Å²) in [5, 5.41) is 11.9. The van der Waals surface area contributed by atoms with Crippen molar-refractivity contribution in [3.8, 4) is 0 Å². The monoisotopic (exact) mass is 329 g/mol. The van der Waals surface area contributed by atoms with Crippen LogP contribution in [0, 0.1) is 6.92 Å². The van der Waals surface area contributed by atoms with Gasteiger partial charge in [0.05, 0.1) is 10.3 Å². The van der Waals surface area contributed by atoms with Gasteiger partial charge in [0.1, 0.15) is 0 Å². The van der Waals surface area contributed by atoms with Crippen molar-refractivity contribution in [2.24, 2.45) is 0 Å². The highest BCUT2D eigenvalue weighted by Gasteiger charge is 2.29. The molecule has 120 valence electrons. The second kappa shape index (κ2) is 6.87. The molecule has 0 saturated carbocycles. The van der Waals surface area contributed by atoms with Crippen molar-refractivity contribution in [3.05, 3.63) is 65.2 Å². The third kappa shape index (κ3) is 4.13. The Morgan fingerprint density at radius 3 is 2.39 bits per heavy atom. The highest BCUT2D eigenvalue weighted by atomic mass is 32.1. The van der Waals surface area contributed by atoms with Gasteiger partial charge in [-0.2, -0.15) is 12.6 Å². The lowest BCUT2D eigenvalue weighted by molar-refractivity contribution is -0.118. The van der Waals surface area contributed by atoms with Crippen LogP contribution in [0.1, 0.15) is 28.4 Å². The zero-order valence-electron chi connectivity index (χ0n) is 13.0. The summed E-state index contributed by atoms with van der Waals surface area (Å²) < 4.78 is -0.910. The molecule has 0 heterocycles. The minimum atomic E-state index is -1.02. The van der Waals surface area contributed by atoms with Gasteiger partial charge in [-0.25, -0.2) is 4.79 Å². The van der Waals surface area contributed by atoms with Crippen molar-refractivity contribution in [3.63, 3.8) is 0 Å². The molecule has 2 aromatic carbocycles. The number of anilines is 1. The first-order valence-electron chi connectivity index (χ1n) is 7.22.